The molecule has 2 amide bonds. The minimum absolute atomic E-state index is 0.0862. The van der Waals surface area contributed by atoms with E-state index < -0.39 is 11.9 Å². The summed E-state index contributed by atoms with van der Waals surface area (Å²) >= 11 is 6.44. The Morgan fingerprint density at radius 1 is 1.11 bits per heavy atom. The molecule has 7 nitrogen and oxygen atoms in total. The zero-order valence-electron chi connectivity index (χ0n) is 21.4. The van der Waals surface area contributed by atoms with E-state index in [0.29, 0.717) is 40.4 Å². The largest absolute Gasteiger partial charge is 0.463 e. The van der Waals surface area contributed by atoms with Gasteiger partial charge in [-0.3, -0.25) is 14.6 Å². The van der Waals surface area contributed by atoms with Crippen LogP contribution in [0.15, 0.2) is 84.2 Å². The van der Waals surface area contributed by atoms with Gasteiger partial charge in [0, 0.05) is 53.5 Å². The molecule has 1 atom stereocenters. The minimum atomic E-state index is -0.497. The lowest BCUT2D eigenvalue weighted by Gasteiger charge is -2.34. The predicted molar refractivity (Wildman–Crippen MR) is 145 cm³/mol. The number of hydrogen-bond acceptors (Lipinski definition) is 5. The fraction of sp³-hybridized carbons (Fsp3) is 0.267. The molecule has 2 heterocycles. The van der Waals surface area contributed by atoms with Crippen molar-refractivity contribution in [3.05, 3.63) is 112 Å². The van der Waals surface area contributed by atoms with E-state index in [0.717, 1.165) is 11.3 Å². The minimum Gasteiger partial charge on any atom is -0.463 e. The molecule has 1 aliphatic rings. The van der Waals surface area contributed by atoms with E-state index in [-0.39, 0.29) is 31.4 Å². The van der Waals surface area contributed by atoms with E-state index in [1.807, 2.05) is 42.5 Å². The normalized spacial score (nSPS) is 15.4. The van der Waals surface area contributed by atoms with Crippen molar-refractivity contribution in [1.82, 2.24) is 15.2 Å². The summed E-state index contributed by atoms with van der Waals surface area (Å²) in [5, 5.41) is 3.41. The van der Waals surface area contributed by atoms with Crippen LogP contribution in [0.25, 0.3) is 0 Å². The van der Waals surface area contributed by atoms with Crippen LogP contribution in [0.3, 0.4) is 0 Å². The highest BCUT2D eigenvalue weighted by atomic mass is 35.5. The number of nitrogens with zero attached hydrogens (tertiary/aromatic N) is 2. The molecule has 0 spiro atoms. The van der Waals surface area contributed by atoms with Crippen molar-refractivity contribution < 1.29 is 19.1 Å². The van der Waals surface area contributed by atoms with Gasteiger partial charge in [-0.05, 0) is 55.3 Å². The van der Waals surface area contributed by atoms with Crippen LogP contribution in [0.1, 0.15) is 53.4 Å². The number of esters is 1. The molecule has 0 fully saturated rings. The summed E-state index contributed by atoms with van der Waals surface area (Å²) in [4.78, 5) is 45.0. The summed E-state index contributed by atoms with van der Waals surface area (Å²) < 4.78 is 5.36. The fourth-order valence-corrected chi connectivity index (χ4v) is 4.91. The van der Waals surface area contributed by atoms with Gasteiger partial charge < -0.3 is 15.0 Å². The van der Waals surface area contributed by atoms with Crippen LogP contribution in [-0.4, -0.2) is 40.8 Å². The molecule has 4 rings (SSSR count). The zero-order chi connectivity index (χ0) is 27.1. The molecule has 0 aliphatic carbocycles. The zero-order valence-corrected chi connectivity index (χ0v) is 22.2. The Kier molecular flexibility index (Phi) is 8.92. The average molecular weight is 532 g/mol. The first kappa shape index (κ1) is 27.1. The number of carbonyl (C=O) groups is 3. The lowest BCUT2D eigenvalue weighted by molar-refractivity contribution is -0.140. The number of carbonyl (C=O) groups excluding carboxylic acids is 3. The first-order valence-corrected chi connectivity index (χ1v) is 13.0. The van der Waals surface area contributed by atoms with E-state index in [9.17, 15) is 14.4 Å². The van der Waals surface area contributed by atoms with Gasteiger partial charge in [0.2, 0.25) is 5.91 Å². The van der Waals surface area contributed by atoms with Crippen molar-refractivity contribution in [1.29, 1.82) is 0 Å². The van der Waals surface area contributed by atoms with Gasteiger partial charge in [0.05, 0.1) is 18.7 Å². The second-order valence-corrected chi connectivity index (χ2v) is 9.41. The van der Waals surface area contributed by atoms with Gasteiger partial charge in [0.15, 0.2) is 0 Å². The summed E-state index contributed by atoms with van der Waals surface area (Å²) in [6.07, 6.45) is 2.44. The molecule has 0 radical (unpaired) electrons. The molecule has 1 N–H and O–H groups in total. The molecule has 0 bridgehead atoms. The lowest BCUT2D eigenvalue weighted by atomic mass is 9.83. The lowest BCUT2D eigenvalue weighted by Crippen LogP contribution is -2.38. The Hall–Kier alpha value is -3.97. The summed E-state index contributed by atoms with van der Waals surface area (Å²) in [5.41, 5.74) is 3.83. The van der Waals surface area contributed by atoms with Crippen LogP contribution in [0.2, 0.25) is 5.02 Å². The maximum Gasteiger partial charge on any atom is 0.336 e. The standard InChI is InChI=1S/C30H30ClN3O4/c1-3-38-30(37)28-20(2)34(27(35)18-25(28)24-12-4-5-13-26(24)31)19-21-9-8-10-22(17-21)29(36)33-16-14-23-11-6-7-15-32-23/h4-13,15,17,25H,3,14,16,18-19H2,1-2H3,(H,33,36). The van der Waals surface area contributed by atoms with E-state index in [2.05, 4.69) is 10.3 Å². The Labute approximate surface area is 227 Å². The molecular formula is C30H30ClN3O4. The highest BCUT2D eigenvalue weighted by molar-refractivity contribution is 6.31. The molecule has 1 unspecified atom stereocenters. The fourth-order valence-electron chi connectivity index (χ4n) is 4.65. The van der Waals surface area contributed by atoms with Crippen LogP contribution in [0.5, 0.6) is 0 Å². The van der Waals surface area contributed by atoms with E-state index in [1.165, 1.54) is 0 Å². The van der Waals surface area contributed by atoms with Crippen molar-refractivity contribution in [2.24, 2.45) is 0 Å². The van der Waals surface area contributed by atoms with Crippen molar-refractivity contribution in [2.45, 2.75) is 39.2 Å². The number of amides is 2. The molecule has 2 aromatic carbocycles. The second-order valence-electron chi connectivity index (χ2n) is 9.01. The number of benzene rings is 2. The van der Waals surface area contributed by atoms with Crippen LogP contribution in [-0.2, 0) is 27.3 Å². The van der Waals surface area contributed by atoms with E-state index in [4.69, 9.17) is 16.3 Å². The molecular weight excluding hydrogens is 502 g/mol. The third-order valence-electron chi connectivity index (χ3n) is 6.52. The third-order valence-corrected chi connectivity index (χ3v) is 6.87. The van der Waals surface area contributed by atoms with Crippen LogP contribution >= 0.6 is 11.6 Å². The van der Waals surface area contributed by atoms with Crippen molar-refractivity contribution in [2.75, 3.05) is 13.2 Å². The number of allylic oxidation sites excluding steroid dienone is 1. The van der Waals surface area contributed by atoms with Gasteiger partial charge in [-0.15, -0.1) is 0 Å². The molecule has 0 saturated heterocycles. The molecule has 38 heavy (non-hydrogen) atoms. The van der Waals surface area contributed by atoms with Crippen LogP contribution in [0, 0.1) is 0 Å². The topological polar surface area (TPSA) is 88.6 Å². The van der Waals surface area contributed by atoms with Gasteiger partial charge in [-0.2, -0.15) is 0 Å². The summed E-state index contributed by atoms with van der Waals surface area (Å²) in [5.74, 6) is -1.30. The van der Waals surface area contributed by atoms with Gasteiger partial charge in [-0.1, -0.05) is 48.0 Å². The maximum absolute atomic E-state index is 13.3. The first-order valence-electron chi connectivity index (χ1n) is 12.6. The number of nitrogens with one attached hydrogen (secondary N) is 1. The summed E-state index contributed by atoms with van der Waals surface area (Å²) in [7, 11) is 0. The molecule has 1 aliphatic heterocycles. The first-order chi connectivity index (χ1) is 18.4. The van der Waals surface area contributed by atoms with Crippen LogP contribution < -0.4 is 5.32 Å². The second kappa shape index (κ2) is 12.5. The van der Waals surface area contributed by atoms with Crippen molar-refractivity contribution in [3.63, 3.8) is 0 Å². The predicted octanol–water partition coefficient (Wildman–Crippen LogP) is 5.06. The number of hydrogen-bond donors (Lipinski definition) is 1. The molecule has 1 aromatic heterocycles. The highest BCUT2D eigenvalue weighted by Gasteiger charge is 2.37. The Bertz CT molecular complexity index is 1360. The summed E-state index contributed by atoms with van der Waals surface area (Å²) in [6.45, 7) is 4.39. The Balaban J connectivity index is 1.54. The van der Waals surface area contributed by atoms with Crippen molar-refractivity contribution >= 4 is 29.4 Å². The molecule has 196 valence electrons. The number of aromatic nitrogens is 1. The molecule has 3 aromatic rings. The van der Waals surface area contributed by atoms with E-state index in [1.54, 1.807) is 49.2 Å². The molecule has 0 saturated carbocycles. The number of rotatable bonds is 9. The average Bonchev–Trinajstić information content (AvgIpc) is 2.92. The number of pyridine rings is 1. The SMILES string of the molecule is CCOC(=O)C1=C(C)N(Cc2cccc(C(=O)NCCc3ccccn3)c2)C(=O)CC1c1ccccc1Cl. The van der Waals surface area contributed by atoms with Crippen LogP contribution in [0.4, 0.5) is 0 Å². The van der Waals surface area contributed by atoms with Gasteiger partial charge in [0.25, 0.3) is 5.91 Å². The monoisotopic (exact) mass is 531 g/mol. The number of halogens is 1. The Morgan fingerprint density at radius 2 is 1.89 bits per heavy atom. The Morgan fingerprint density at radius 3 is 2.63 bits per heavy atom. The smallest absolute Gasteiger partial charge is 0.336 e. The van der Waals surface area contributed by atoms with E-state index >= 15 is 0 Å². The van der Waals surface area contributed by atoms with Crippen molar-refractivity contribution in [3.8, 4) is 0 Å². The highest BCUT2D eigenvalue weighted by Crippen LogP contribution is 2.40. The quantitative estimate of drug-likeness (QED) is 0.390. The van der Waals surface area contributed by atoms with Gasteiger partial charge >= 0.3 is 5.97 Å². The number of ether oxygens (including phenoxy) is 1. The van der Waals surface area contributed by atoms with Gasteiger partial charge in [0.1, 0.15) is 0 Å². The third kappa shape index (κ3) is 6.29. The summed E-state index contributed by atoms with van der Waals surface area (Å²) in [6, 6.07) is 20.0. The molecule has 8 heteroatoms. The van der Waals surface area contributed by atoms with Gasteiger partial charge in [-0.25, -0.2) is 4.79 Å². The maximum atomic E-state index is 13.3.